The number of halogens is 3. The van der Waals surface area contributed by atoms with Crippen molar-refractivity contribution in [3.63, 3.8) is 0 Å². The fourth-order valence-electron chi connectivity index (χ4n) is 2.01. The maximum atomic E-state index is 14.0. The van der Waals surface area contributed by atoms with Gasteiger partial charge in [0.1, 0.15) is 11.6 Å². The van der Waals surface area contributed by atoms with Gasteiger partial charge in [0, 0.05) is 11.6 Å². The monoisotopic (exact) mass is 281 g/mol. The Bertz CT molecular complexity index is 555. The predicted octanol–water partition coefficient (Wildman–Crippen LogP) is 4.12. The van der Waals surface area contributed by atoms with Crippen LogP contribution in [0.25, 0.3) is 0 Å². The molecule has 0 aliphatic rings. The summed E-state index contributed by atoms with van der Waals surface area (Å²) in [5.74, 6) is -0.690. The summed E-state index contributed by atoms with van der Waals surface area (Å²) in [5, 5.41) is 3.17. The lowest BCUT2D eigenvalue weighted by atomic mass is 9.98. The van der Waals surface area contributed by atoms with Crippen LogP contribution in [0.5, 0.6) is 0 Å². The molecule has 1 N–H and O–H groups in total. The highest BCUT2D eigenvalue weighted by atomic mass is 35.5. The van der Waals surface area contributed by atoms with Crippen LogP contribution in [0.3, 0.4) is 0 Å². The van der Waals surface area contributed by atoms with Gasteiger partial charge in [-0.2, -0.15) is 0 Å². The van der Waals surface area contributed by atoms with Gasteiger partial charge in [-0.05, 0) is 37.2 Å². The molecule has 0 bridgehead atoms. The Kier molecular flexibility index (Phi) is 4.51. The molecule has 0 saturated carbocycles. The van der Waals surface area contributed by atoms with Gasteiger partial charge in [0.05, 0.1) is 5.02 Å². The smallest absolute Gasteiger partial charge is 0.146 e. The molecule has 0 saturated heterocycles. The van der Waals surface area contributed by atoms with Crippen LogP contribution in [0, 0.1) is 11.6 Å². The highest BCUT2D eigenvalue weighted by molar-refractivity contribution is 6.30. The molecular formula is C15H14ClF2N. The SMILES string of the molecule is CNC(Cc1ccc(F)cc1)c1cccc(Cl)c1F. The van der Waals surface area contributed by atoms with Gasteiger partial charge in [-0.1, -0.05) is 35.9 Å². The van der Waals surface area contributed by atoms with E-state index >= 15 is 0 Å². The summed E-state index contributed by atoms with van der Waals surface area (Å²) in [6.45, 7) is 0. The van der Waals surface area contributed by atoms with Crippen molar-refractivity contribution in [1.29, 1.82) is 0 Å². The van der Waals surface area contributed by atoms with E-state index in [0.29, 0.717) is 12.0 Å². The van der Waals surface area contributed by atoms with E-state index in [1.165, 1.54) is 18.2 Å². The molecule has 0 heterocycles. The van der Waals surface area contributed by atoms with Crippen molar-refractivity contribution in [3.05, 3.63) is 70.2 Å². The fourth-order valence-corrected chi connectivity index (χ4v) is 2.20. The molecule has 0 amide bonds. The molecule has 2 rings (SSSR count). The summed E-state index contributed by atoms with van der Waals surface area (Å²) < 4.78 is 26.8. The quantitative estimate of drug-likeness (QED) is 0.889. The van der Waals surface area contributed by atoms with E-state index in [1.807, 2.05) is 0 Å². The Labute approximate surface area is 116 Å². The van der Waals surface area contributed by atoms with Gasteiger partial charge in [-0.3, -0.25) is 0 Å². The highest BCUT2D eigenvalue weighted by Gasteiger charge is 2.16. The third-order valence-corrected chi connectivity index (χ3v) is 3.35. The number of hydrogen-bond acceptors (Lipinski definition) is 1. The molecule has 1 atom stereocenters. The molecular weight excluding hydrogens is 268 g/mol. The first-order valence-corrected chi connectivity index (χ1v) is 6.35. The van der Waals surface area contributed by atoms with E-state index in [1.54, 1.807) is 31.3 Å². The topological polar surface area (TPSA) is 12.0 Å². The van der Waals surface area contributed by atoms with Crippen molar-refractivity contribution < 1.29 is 8.78 Å². The minimum Gasteiger partial charge on any atom is -0.313 e. The van der Waals surface area contributed by atoms with Crippen LogP contribution >= 0.6 is 11.6 Å². The number of benzene rings is 2. The summed E-state index contributed by atoms with van der Waals surface area (Å²) in [7, 11) is 1.76. The molecule has 0 aliphatic heterocycles. The van der Waals surface area contributed by atoms with Crippen molar-refractivity contribution >= 4 is 11.6 Å². The Morgan fingerprint density at radius 3 is 2.42 bits per heavy atom. The van der Waals surface area contributed by atoms with Gasteiger partial charge >= 0.3 is 0 Å². The third-order valence-electron chi connectivity index (χ3n) is 3.06. The van der Waals surface area contributed by atoms with Crippen molar-refractivity contribution in [3.8, 4) is 0 Å². The molecule has 2 aromatic carbocycles. The summed E-state index contributed by atoms with van der Waals surface area (Å²) in [6.07, 6.45) is 0.564. The maximum Gasteiger partial charge on any atom is 0.146 e. The molecule has 0 radical (unpaired) electrons. The van der Waals surface area contributed by atoms with Crippen molar-refractivity contribution in [1.82, 2.24) is 5.32 Å². The van der Waals surface area contributed by atoms with Crippen LogP contribution in [0.1, 0.15) is 17.2 Å². The van der Waals surface area contributed by atoms with Crippen molar-refractivity contribution in [2.45, 2.75) is 12.5 Å². The lowest BCUT2D eigenvalue weighted by Crippen LogP contribution is -2.20. The number of rotatable bonds is 4. The van der Waals surface area contributed by atoms with Crippen LogP contribution in [0.2, 0.25) is 5.02 Å². The third kappa shape index (κ3) is 3.31. The maximum absolute atomic E-state index is 14.0. The molecule has 100 valence electrons. The molecule has 0 aliphatic carbocycles. The fraction of sp³-hybridized carbons (Fsp3) is 0.200. The van der Waals surface area contributed by atoms with Crippen molar-refractivity contribution in [2.24, 2.45) is 0 Å². The Morgan fingerprint density at radius 2 is 1.79 bits per heavy atom. The van der Waals surface area contributed by atoms with Crippen LogP contribution in [-0.2, 0) is 6.42 Å². The highest BCUT2D eigenvalue weighted by Crippen LogP contribution is 2.25. The zero-order valence-corrected chi connectivity index (χ0v) is 11.2. The minimum absolute atomic E-state index is 0.108. The zero-order valence-electron chi connectivity index (χ0n) is 10.5. The molecule has 4 heteroatoms. The summed E-state index contributed by atoms with van der Waals surface area (Å²) in [6, 6.07) is 10.9. The average molecular weight is 282 g/mol. The Morgan fingerprint density at radius 1 is 1.11 bits per heavy atom. The van der Waals surface area contributed by atoms with Gasteiger partial charge in [-0.25, -0.2) is 8.78 Å². The zero-order chi connectivity index (χ0) is 13.8. The van der Waals surface area contributed by atoms with Crippen LogP contribution in [0.4, 0.5) is 8.78 Å². The predicted molar refractivity (Wildman–Crippen MR) is 73.3 cm³/mol. The normalized spacial score (nSPS) is 12.4. The summed E-state index contributed by atoms with van der Waals surface area (Å²) in [4.78, 5) is 0. The number of hydrogen-bond donors (Lipinski definition) is 1. The Balaban J connectivity index is 2.25. The minimum atomic E-state index is -0.411. The van der Waals surface area contributed by atoms with Crippen LogP contribution < -0.4 is 5.32 Å². The second kappa shape index (κ2) is 6.13. The summed E-state index contributed by atoms with van der Waals surface area (Å²) >= 11 is 5.79. The van der Waals surface area contributed by atoms with E-state index in [4.69, 9.17) is 11.6 Å². The van der Waals surface area contributed by atoms with Gasteiger partial charge in [0.25, 0.3) is 0 Å². The second-order valence-electron chi connectivity index (χ2n) is 4.31. The van der Waals surface area contributed by atoms with E-state index < -0.39 is 5.82 Å². The van der Waals surface area contributed by atoms with Gasteiger partial charge < -0.3 is 5.32 Å². The standard InChI is InChI=1S/C15H14ClF2N/c1-19-14(9-10-5-7-11(17)8-6-10)12-3-2-4-13(16)15(12)18/h2-8,14,19H,9H2,1H3. The van der Waals surface area contributed by atoms with E-state index in [-0.39, 0.29) is 16.9 Å². The van der Waals surface area contributed by atoms with Crippen molar-refractivity contribution in [2.75, 3.05) is 7.05 Å². The molecule has 2 aromatic rings. The first kappa shape index (κ1) is 14.0. The first-order chi connectivity index (χ1) is 9.11. The molecule has 0 fully saturated rings. The van der Waals surface area contributed by atoms with Crippen LogP contribution in [-0.4, -0.2) is 7.05 Å². The molecule has 0 aromatic heterocycles. The van der Waals surface area contributed by atoms with Crippen LogP contribution in [0.15, 0.2) is 42.5 Å². The first-order valence-electron chi connectivity index (χ1n) is 5.97. The molecule has 19 heavy (non-hydrogen) atoms. The van der Waals surface area contributed by atoms with E-state index in [9.17, 15) is 8.78 Å². The summed E-state index contributed by atoms with van der Waals surface area (Å²) in [5.41, 5.74) is 1.44. The number of nitrogens with one attached hydrogen (secondary N) is 1. The Hall–Kier alpha value is -1.45. The molecule has 1 unspecified atom stereocenters. The van der Waals surface area contributed by atoms with E-state index in [2.05, 4.69) is 5.32 Å². The van der Waals surface area contributed by atoms with Gasteiger partial charge in [-0.15, -0.1) is 0 Å². The number of likely N-dealkylation sites (N-methyl/N-ethyl adjacent to an activating group) is 1. The van der Waals surface area contributed by atoms with Gasteiger partial charge in [0.2, 0.25) is 0 Å². The lowest BCUT2D eigenvalue weighted by molar-refractivity contribution is 0.533. The second-order valence-corrected chi connectivity index (χ2v) is 4.72. The lowest BCUT2D eigenvalue weighted by Gasteiger charge is -2.18. The average Bonchev–Trinajstić information content (AvgIpc) is 2.42. The largest absolute Gasteiger partial charge is 0.313 e. The molecule has 1 nitrogen and oxygen atoms in total. The van der Waals surface area contributed by atoms with Gasteiger partial charge in [0.15, 0.2) is 0 Å². The van der Waals surface area contributed by atoms with E-state index in [0.717, 1.165) is 5.56 Å². The molecule has 0 spiro atoms.